The molecule has 1 aliphatic rings. The number of hydrogen-bond acceptors (Lipinski definition) is 3. The molecule has 1 atom stereocenters. The van der Waals surface area contributed by atoms with E-state index in [1.165, 1.54) is 40.8 Å². The van der Waals surface area contributed by atoms with Crippen LogP contribution in [0, 0.1) is 0 Å². The Balaban J connectivity index is 1.73. The van der Waals surface area contributed by atoms with Crippen molar-refractivity contribution in [3.05, 3.63) is 87.8 Å². The number of rotatable bonds is 7. The minimum absolute atomic E-state index is 0.0381. The van der Waals surface area contributed by atoms with Crippen molar-refractivity contribution < 1.29 is 4.79 Å². The molecule has 0 saturated carbocycles. The maximum absolute atomic E-state index is 13.0. The van der Waals surface area contributed by atoms with Crippen LogP contribution in [0.2, 0.25) is 0 Å². The van der Waals surface area contributed by atoms with Gasteiger partial charge < -0.3 is 5.32 Å². The fourth-order valence-corrected chi connectivity index (χ4v) is 5.55. The van der Waals surface area contributed by atoms with Crippen molar-refractivity contribution in [1.29, 1.82) is 0 Å². The summed E-state index contributed by atoms with van der Waals surface area (Å²) in [5, 5.41) is 4.24. The first-order valence-electron chi connectivity index (χ1n) is 11.9. The van der Waals surface area contributed by atoms with Crippen LogP contribution in [0.4, 0.5) is 5.00 Å². The third-order valence-corrected chi connectivity index (χ3v) is 7.60. The number of amides is 1. The number of carbonyl (C=O) groups excluding carboxylic acids is 1. The number of piperidine rings is 1. The second-order valence-corrected chi connectivity index (χ2v) is 10.1. The topological polar surface area (TPSA) is 32.3 Å². The highest BCUT2D eigenvalue weighted by Gasteiger charge is 2.28. The van der Waals surface area contributed by atoms with Gasteiger partial charge in [0.05, 0.1) is 6.04 Å². The molecule has 1 saturated heterocycles. The van der Waals surface area contributed by atoms with E-state index in [2.05, 4.69) is 61.3 Å². The second-order valence-electron chi connectivity index (χ2n) is 8.99. The maximum Gasteiger partial charge on any atom is 0.256 e. The predicted octanol–water partition coefficient (Wildman–Crippen LogP) is 7.26. The van der Waals surface area contributed by atoms with E-state index in [1.807, 2.05) is 30.3 Å². The molecule has 3 nitrogen and oxygen atoms in total. The Hall–Kier alpha value is -2.43. The fourth-order valence-electron chi connectivity index (χ4n) is 4.53. The first-order chi connectivity index (χ1) is 15.6. The Morgan fingerprint density at radius 3 is 2.25 bits per heavy atom. The zero-order valence-corrected chi connectivity index (χ0v) is 20.3. The molecule has 2 aromatic carbocycles. The molecule has 0 bridgehead atoms. The molecule has 1 fully saturated rings. The molecule has 3 aromatic rings. The van der Waals surface area contributed by atoms with E-state index in [0.29, 0.717) is 11.5 Å². The van der Waals surface area contributed by atoms with Crippen LogP contribution in [0.3, 0.4) is 0 Å². The van der Waals surface area contributed by atoms with E-state index in [4.69, 9.17) is 0 Å². The van der Waals surface area contributed by atoms with Gasteiger partial charge >= 0.3 is 0 Å². The Morgan fingerprint density at radius 1 is 0.969 bits per heavy atom. The molecule has 32 heavy (non-hydrogen) atoms. The van der Waals surface area contributed by atoms with Crippen LogP contribution < -0.4 is 5.32 Å². The van der Waals surface area contributed by atoms with Gasteiger partial charge in [0.15, 0.2) is 0 Å². The van der Waals surface area contributed by atoms with E-state index >= 15 is 0 Å². The van der Waals surface area contributed by atoms with Crippen LogP contribution in [-0.4, -0.2) is 23.9 Å². The smallest absolute Gasteiger partial charge is 0.256 e. The van der Waals surface area contributed by atoms with Crippen molar-refractivity contribution in [3.63, 3.8) is 0 Å². The molecule has 4 heteroatoms. The van der Waals surface area contributed by atoms with Crippen LogP contribution in [0.25, 0.3) is 0 Å². The molecule has 0 radical (unpaired) electrons. The van der Waals surface area contributed by atoms with Crippen molar-refractivity contribution in [3.8, 4) is 0 Å². The van der Waals surface area contributed by atoms with Gasteiger partial charge in [0.25, 0.3) is 5.91 Å². The Morgan fingerprint density at radius 2 is 1.62 bits per heavy atom. The molecule has 0 unspecified atom stereocenters. The molecule has 0 spiro atoms. The number of anilines is 1. The summed E-state index contributed by atoms with van der Waals surface area (Å²) in [4.78, 5) is 16.9. The highest BCUT2D eigenvalue weighted by molar-refractivity contribution is 7.16. The fraction of sp³-hybridized carbons (Fsp3) is 0.393. The van der Waals surface area contributed by atoms with Gasteiger partial charge in [-0.05, 0) is 67.6 Å². The van der Waals surface area contributed by atoms with Crippen molar-refractivity contribution in [1.82, 2.24) is 4.90 Å². The lowest BCUT2D eigenvalue weighted by Crippen LogP contribution is -2.34. The van der Waals surface area contributed by atoms with Crippen LogP contribution in [0.15, 0.2) is 60.7 Å². The molecule has 1 aromatic heterocycles. The van der Waals surface area contributed by atoms with Gasteiger partial charge in [0.1, 0.15) is 5.00 Å². The van der Waals surface area contributed by atoms with Crippen LogP contribution in [0.1, 0.15) is 83.9 Å². The summed E-state index contributed by atoms with van der Waals surface area (Å²) < 4.78 is 0. The summed E-state index contributed by atoms with van der Waals surface area (Å²) in [7, 11) is 0. The summed E-state index contributed by atoms with van der Waals surface area (Å²) in [5.74, 6) is 0.481. The average Bonchev–Trinajstić information content (AvgIpc) is 3.23. The van der Waals surface area contributed by atoms with Crippen molar-refractivity contribution in [2.75, 3.05) is 18.4 Å². The minimum atomic E-state index is -0.0381. The van der Waals surface area contributed by atoms with Crippen LogP contribution >= 0.6 is 11.3 Å². The molecule has 1 amide bonds. The van der Waals surface area contributed by atoms with E-state index < -0.39 is 0 Å². The van der Waals surface area contributed by atoms with Gasteiger partial charge in [-0.1, -0.05) is 69.7 Å². The minimum Gasteiger partial charge on any atom is -0.313 e. The van der Waals surface area contributed by atoms with Gasteiger partial charge in [-0.3, -0.25) is 9.69 Å². The standard InChI is InChI=1S/C28H34N2OS/c1-4-24-19-25(28(32-24)29-27(31)23-11-7-5-8-12-23)26(30-17-9-6-10-18-30)22-15-13-21(14-16-22)20(2)3/h5,7-8,11-16,19-20,26H,4,6,9-10,17-18H2,1-3H3,(H,29,31)/t26-/m1/s1. The Labute approximate surface area is 196 Å². The summed E-state index contributed by atoms with van der Waals surface area (Å²) in [5.41, 5.74) is 4.60. The van der Waals surface area contributed by atoms with Crippen LogP contribution in [-0.2, 0) is 6.42 Å². The quantitative estimate of drug-likeness (QED) is 0.414. The molecule has 0 aliphatic carbocycles. The molecule has 2 heterocycles. The zero-order valence-electron chi connectivity index (χ0n) is 19.4. The molecule has 1 aliphatic heterocycles. The van der Waals surface area contributed by atoms with Crippen molar-refractivity contribution >= 4 is 22.2 Å². The summed E-state index contributed by atoms with van der Waals surface area (Å²) in [6.07, 6.45) is 4.74. The highest BCUT2D eigenvalue weighted by atomic mass is 32.1. The number of benzene rings is 2. The lowest BCUT2D eigenvalue weighted by atomic mass is 9.93. The molecule has 4 rings (SSSR count). The molecule has 1 N–H and O–H groups in total. The first kappa shape index (κ1) is 22.8. The Kier molecular flexibility index (Phi) is 7.44. The van der Waals surface area contributed by atoms with Gasteiger partial charge in [-0.15, -0.1) is 11.3 Å². The average molecular weight is 447 g/mol. The SMILES string of the molecule is CCc1cc([C@@H](c2ccc(C(C)C)cc2)N2CCCCC2)c(NC(=O)c2ccccc2)s1. The number of nitrogens with zero attached hydrogens (tertiary/aromatic N) is 1. The van der Waals surface area contributed by atoms with E-state index in [0.717, 1.165) is 24.5 Å². The maximum atomic E-state index is 13.0. The second kappa shape index (κ2) is 10.5. The van der Waals surface area contributed by atoms with Crippen molar-refractivity contribution in [2.24, 2.45) is 0 Å². The normalized spacial score (nSPS) is 15.6. The van der Waals surface area contributed by atoms with Gasteiger partial charge in [-0.2, -0.15) is 0 Å². The van der Waals surface area contributed by atoms with E-state index in [9.17, 15) is 4.79 Å². The number of nitrogens with one attached hydrogen (secondary N) is 1. The zero-order chi connectivity index (χ0) is 22.5. The van der Waals surface area contributed by atoms with Crippen LogP contribution in [0.5, 0.6) is 0 Å². The third-order valence-electron chi connectivity index (χ3n) is 6.39. The summed E-state index contributed by atoms with van der Waals surface area (Å²) in [6, 6.07) is 21.1. The third kappa shape index (κ3) is 5.13. The summed E-state index contributed by atoms with van der Waals surface area (Å²) in [6.45, 7) is 8.85. The van der Waals surface area contributed by atoms with Gasteiger partial charge in [-0.25, -0.2) is 0 Å². The van der Waals surface area contributed by atoms with Crippen molar-refractivity contribution in [2.45, 2.75) is 58.4 Å². The lowest BCUT2D eigenvalue weighted by molar-refractivity contribution is 0.102. The Bertz CT molecular complexity index is 1020. The number of aryl methyl sites for hydroxylation is 1. The van der Waals surface area contributed by atoms with Gasteiger partial charge in [0, 0.05) is 16.0 Å². The van der Waals surface area contributed by atoms with E-state index in [-0.39, 0.29) is 11.9 Å². The van der Waals surface area contributed by atoms with Gasteiger partial charge in [0.2, 0.25) is 0 Å². The predicted molar refractivity (Wildman–Crippen MR) is 136 cm³/mol. The summed E-state index contributed by atoms with van der Waals surface area (Å²) >= 11 is 1.72. The first-order valence-corrected chi connectivity index (χ1v) is 12.7. The largest absolute Gasteiger partial charge is 0.313 e. The van der Waals surface area contributed by atoms with E-state index in [1.54, 1.807) is 11.3 Å². The highest BCUT2D eigenvalue weighted by Crippen LogP contribution is 2.40. The molecular formula is C28H34N2OS. The molecular weight excluding hydrogens is 412 g/mol. The molecule has 168 valence electrons. The lowest BCUT2D eigenvalue weighted by Gasteiger charge is -2.35. The number of thiophene rings is 1. The number of likely N-dealkylation sites (tertiary alicyclic amines) is 1. The number of hydrogen-bond donors (Lipinski definition) is 1. The monoisotopic (exact) mass is 446 g/mol. The number of carbonyl (C=O) groups is 1.